The first-order chi connectivity index (χ1) is 16.0. The van der Waals surface area contributed by atoms with Crippen molar-refractivity contribution in [2.24, 2.45) is 5.92 Å². The number of para-hydroxylation sites is 2. The molecular formula is C24H27N3O6. The third kappa shape index (κ3) is 4.00. The summed E-state index contributed by atoms with van der Waals surface area (Å²) in [6.07, 6.45) is 0.582. The molecule has 2 heterocycles. The van der Waals surface area contributed by atoms with Crippen LogP contribution < -0.4 is 9.64 Å². The number of phenols is 1. The maximum atomic E-state index is 13.7. The number of nitrogens with zero attached hydrogens (tertiary/aromatic N) is 3. The van der Waals surface area contributed by atoms with E-state index in [4.69, 9.17) is 19.2 Å². The molecule has 0 radical (unpaired) electrons. The minimum atomic E-state index is -1.13. The van der Waals surface area contributed by atoms with Gasteiger partial charge >= 0.3 is 5.97 Å². The van der Waals surface area contributed by atoms with Crippen LogP contribution >= 0.6 is 0 Å². The van der Waals surface area contributed by atoms with E-state index in [9.17, 15) is 14.7 Å². The molecule has 4 rings (SSSR count). The summed E-state index contributed by atoms with van der Waals surface area (Å²) in [6.45, 7) is 2.66. The summed E-state index contributed by atoms with van der Waals surface area (Å²) in [4.78, 5) is 33.1. The van der Waals surface area contributed by atoms with Crippen molar-refractivity contribution in [2.75, 3.05) is 38.9 Å². The predicted octanol–water partition coefficient (Wildman–Crippen LogP) is 2.90. The maximum absolute atomic E-state index is 13.7. The molecule has 1 amide bonds. The molecule has 1 aliphatic heterocycles. The van der Waals surface area contributed by atoms with Gasteiger partial charge in [-0.1, -0.05) is 18.2 Å². The van der Waals surface area contributed by atoms with Gasteiger partial charge in [0.2, 0.25) is 11.9 Å². The molecule has 174 valence electrons. The molecule has 2 aromatic carbocycles. The summed E-state index contributed by atoms with van der Waals surface area (Å²) in [7, 11) is 3.05. The van der Waals surface area contributed by atoms with Crippen LogP contribution in [-0.4, -0.2) is 60.5 Å². The van der Waals surface area contributed by atoms with Gasteiger partial charge in [-0.05, 0) is 43.2 Å². The summed E-state index contributed by atoms with van der Waals surface area (Å²) in [5, 5.41) is 10.1. The number of benzene rings is 2. The molecule has 0 bridgehead atoms. The highest BCUT2D eigenvalue weighted by molar-refractivity contribution is 6.08. The highest BCUT2D eigenvalue weighted by atomic mass is 16.5. The second-order valence-corrected chi connectivity index (χ2v) is 7.71. The number of aromatic nitrogens is 2. The van der Waals surface area contributed by atoms with E-state index in [1.165, 1.54) is 18.1 Å². The van der Waals surface area contributed by atoms with Gasteiger partial charge in [-0.3, -0.25) is 14.5 Å². The van der Waals surface area contributed by atoms with Gasteiger partial charge in [-0.15, -0.1) is 0 Å². The fraction of sp³-hybridized carbons (Fsp3) is 0.375. The lowest BCUT2D eigenvalue weighted by Gasteiger charge is -2.38. The molecule has 9 nitrogen and oxygen atoms in total. The number of amides is 1. The van der Waals surface area contributed by atoms with Crippen LogP contribution in [0.4, 0.5) is 5.95 Å². The largest absolute Gasteiger partial charge is 0.504 e. The molecule has 0 aliphatic carbocycles. The van der Waals surface area contributed by atoms with Crippen molar-refractivity contribution in [3.8, 4) is 11.5 Å². The topological polar surface area (TPSA) is 103 Å². The van der Waals surface area contributed by atoms with Gasteiger partial charge in [0.15, 0.2) is 17.4 Å². The van der Waals surface area contributed by atoms with Gasteiger partial charge in [-0.25, -0.2) is 4.98 Å². The molecule has 0 unspecified atom stereocenters. The van der Waals surface area contributed by atoms with Crippen LogP contribution in [0.25, 0.3) is 11.0 Å². The van der Waals surface area contributed by atoms with Gasteiger partial charge in [0, 0.05) is 20.3 Å². The average Bonchev–Trinajstić information content (AvgIpc) is 3.19. The number of aromatic hydroxyl groups is 1. The van der Waals surface area contributed by atoms with Gasteiger partial charge < -0.3 is 23.9 Å². The smallest absolute Gasteiger partial charge is 0.321 e. The lowest BCUT2D eigenvalue weighted by atomic mass is 9.89. The lowest BCUT2D eigenvalue weighted by molar-refractivity contribution is -0.153. The van der Waals surface area contributed by atoms with Crippen LogP contribution in [-0.2, 0) is 19.1 Å². The number of rotatable bonds is 8. The molecule has 3 aromatic rings. The first-order valence-corrected chi connectivity index (χ1v) is 10.8. The number of carbonyl (C=O) groups excluding carboxylic acids is 2. The molecular weight excluding hydrogens is 426 g/mol. The summed E-state index contributed by atoms with van der Waals surface area (Å²) in [5.74, 6) is -1.46. The van der Waals surface area contributed by atoms with Crippen molar-refractivity contribution in [1.29, 1.82) is 0 Å². The molecule has 1 N–H and O–H groups in total. The summed E-state index contributed by atoms with van der Waals surface area (Å²) >= 11 is 0. The van der Waals surface area contributed by atoms with Gasteiger partial charge in [0.05, 0.1) is 30.8 Å². The van der Waals surface area contributed by atoms with E-state index in [1.54, 1.807) is 26.2 Å². The number of ether oxygens (including phenoxy) is 3. The summed E-state index contributed by atoms with van der Waals surface area (Å²) in [5.41, 5.74) is 2.11. The van der Waals surface area contributed by atoms with Gasteiger partial charge in [0.25, 0.3) is 0 Å². The second kappa shape index (κ2) is 9.50. The predicted molar refractivity (Wildman–Crippen MR) is 121 cm³/mol. The van der Waals surface area contributed by atoms with E-state index in [-0.39, 0.29) is 24.0 Å². The fourth-order valence-corrected chi connectivity index (χ4v) is 4.31. The van der Waals surface area contributed by atoms with Crippen molar-refractivity contribution in [2.45, 2.75) is 19.4 Å². The van der Waals surface area contributed by atoms with Crippen LogP contribution in [0.3, 0.4) is 0 Å². The standard InChI is InChI=1S/C24H27N3O6/c1-4-33-23(30)20-21(15-10-11-18(28)19(14-15)32-3)27-17-9-6-5-8-16(17)25-24(27)26(22(20)29)12-7-13-31-2/h5-6,8-11,14,20-21,28H,4,7,12-13H2,1-3H3/t20-,21-/m1/s1. The highest BCUT2D eigenvalue weighted by Crippen LogP contribution is 2.43. The quantitative estimate of drug-likeness (QED) is 0.318. The number of carbonyl (C=O) groups is 2. The molecule has 9 heteroatoms. The van der Waals surface area contributed by atoms with Crippen LogP contribution in [0.5, 0.6) is 11.5 Å². The Morgan fingerprint density at radius 1 is 1.18 bits per heavy atom. The zero-order valence-electron chi connectivity index (χ0n) is 18.9. The molecule has 0 spiro atoms. The van der Waals surface area contributed by atoms with Crippen LogP contribution in [0.1, 0.15) is 24.9 Å². The van der Waals surface area contributed by atoms with E-state index in [0.717, 1.165) is 5.52 Å². The minimum Gasteiger partial charge on any atom is -0.504 e. The van der Waals surface area contributed by atoms with Gasteiger partial charge in [-0.2, -0.15) is 0 Å². The third-order valence-electron chi connectivity index (χ3n) is 5.76. The van der Waals surface area contributed by atoms with Crippen LogP contribution in [0.2, 0.25) is 0 Å². The number of hydrogen-bond donors (Lipinski definition) is 1. The fourth-order valence-electron chi connectivity index (χ4n) is 4.31. The SMILES string of the molecule is CCOC(=O)[C@H]1C(=O)N(CCCOC)c2nc3ccccc3n2[C@@H]1c1ccc(O)c(OC)c1. The zero-order valence-corrected chi connectivity index (χ0v) is 18.9. The Morgan fingerprint density at radius 2 is 1.97 bits per heavy atom. The van der Waals surface area contributed by atoms with E-state index >= 15 is 0 Å². The number of fused-ring (bicyclic) bond motifs is 3. The van der Waals surface area contributed by atoms with Gasteiger partial charge in [0.1, 0.15) is 0 Å². The first-order valence-electron chi connectivity index (χ1n) is 10.8. The molecule has 1 aliphatic rings. The second-order valence-electron chi connectivity index (χ2n) is 7.71. The number of phenolic OH excluding ortho intramolecular Hbond substituents is 1. The van der Waals surface area contributed by atoms with Crippen molar-refractivity contribution in [3.05, 3.63) is 48.0 Å². The Kier molecular flexibility index (Phi) is 6.50. The Bertz CT molecular complexity index is 1170. The number of anilines is 1. The van der Waals surface area contributed by atoms with E-state index < -0.39 is 17.9 Å². The molecule has 2 atom stereocenters. The van der Waals surface area contributed by atoms with Crippen molar-refractivity contribution in [3.63, 3.8) is 0 Å². The molecule has 0 fully saturated rings. The Labute approximate surface area is 191 Å². The van der Waals surface area contributed by atoms with E-state index in [1.807, 2.05) is 28.8 Å². The Balaban J connectivity index is 1.96. The molecule has 0 saturated carbocycles. The molecule has 33 heavy (non-hydrogen) atoms. The van der Waals surface area contributed by atoms with Crippen LogP contribution in [0, 0.1) is 5.92 Å². The summed E-state index contributed by atoms with van der Waals surface area (Å²) in [6, 6.07) is 11.6. The highest BCUT2D eigenvalue weighted by Gasteiger charge is 2.47. The maximum Gasteiger partial charge on any atom is 0.321 e. The van der Waals surface area contributed by atoms with Crippen molar-refractivity contribution in [1.82, 2.24) is 9.55 Å². The number of esters is 1. The monoisotopic (exact) mass is 453 g/mol. The Morgan fingerprint density at radius 3 is 2.70 bits per heavy atom. The zero-order chi connectivity index (χ0) is 23.5. The number of hydrogen-bond acceptors (Lipinski definition) is 7. The summed E-state index contributed by atoms with van der Waals surface area (Å²) < 4.78 is 17.7. The van der Waals surface area contributed by atoms with E-state index in [0.29, 0.717) is 36.6 Å². The minimum absolute atomic E-state index is 0.0343. The Hall–Kier alpha value is -3.59. The number of imidazole rings is 1. The normalized spacial score (nSPS) is 17.8. The lowest BCUT2D eigenvalue weighted by Crippen LogP contribution is -2.50. The van der Waals surface area contributed by atoms with Crippen molar-refractivity contribution < 1.29 is 28.9 Å². The molecule has 0 saturated heterocycles. The van der Waals surface area contributed by atoms with Crippen LogP contribution in [0.15, 0.2) is 42.5 Å². The number of methoxy groups -OCH3 is 2. The molecule has 1 aromatic heterocycles. The van der Waals surface area contributed by atoms with Crippen molar-refractivity contribution >= 4 is 28.9 Å². The first kappa shape index (κ1) is 22.6. The average molecular weight is 453 g/mol. The van der Waals surface area contributed by atoms with E-state index in [2.05, 4.69) is 0 Å². The third-order valence-corrected chi connectivity index (χ3v) is 5.76.